The Morgan fingerprint density at radius 3 is 1.40 bits per heavy atom. The minimum absolute atomic E-state index is 0.522. The van der Waals surface area contributed by atoms with Gasteiger partial charge in [-0.05, 0) is 98.1 Å². The van der Waals surface area contributed by atoms with E-state index in [2.05, 4.69) is 140 Å². The van der Waals surface area contributed by atoms with Crippen molar-refractivity contribution in [3.8, 4) is 95.9 Å². The molecule has 0 bridgehead atoms. The molecule has 0 aliphatic carbocycles. The number of fused-ring (bicyclic) bond motifs is 3. The fourth-order valence-corrected chi connectivity index (χ4v) is 8.45. The van der Waals surface area contributed by atoms with Gasteiger partial charge in [0.15, 0.2) is 17.5 Å². The number of nitrogens with zero attached hydrogens (tertiary/aromatic N) is 4. The average molecular weight is 805 g/mol. The minimum Gasteiger partial charge on any atom is -0.456 e. The summed E-state index contributed by atoms with van der Waals surface area (Å²) in [6.07, 6.45) is 0. The molecule has 2 heterocycles. The van der Waals surface area contributed by atoms with Crippen LogP contribution < -0.4 is 0 Å². The predicted octanol–water partition coefficient (Wildman–Crippen LogP) is 15.0. The molecule has 0 aliphatic rings. The lowest BCUT2D eigenvalue weighted by Crippen LogP contribution is -2.00. The van der Waals surface area contributed by atoms with Crippen LogP contribution >= 0.6 is 0 Å². The fraction of sp³-hybridized carbons (Fsp3) is 0. The second-order valence-electron chi connectivity index (χ2n) is 15.5. The van der Waals surface area contributed by atoms with Crippen LogP contribution in [0.25, 0.3) is 112 Å². The van der Waals surface area contributed by atoms with Gasteiger partial charge in [-0.1, -0.05) is 176 Å². The van der Waals surface area contributed by atoms with E-state index in [1.165, 1.54) is 11.1 Å². The predicted molar refractivity (Wildman–Crippen MR) is 255 cm³/mol. The van der Waals surface area contributed by atoms with Crippen molar-refractivity contribution in [2.75, 3.05) is 0 Å². The van der Waals surface area contributed by atoms with Gasteiger partial charge in [0.2, 0.25) is 0 Å². The smallest absolute Gasteiger partial charge is 0.164 e. The van der Waals surface area contributed by atoms with Crippen molar-refractivity contribution < 1.29 is 4.42 Å². The first-order valence-electron chi connectivity index (χ1n) is 20.9. The van der Waals surface area contributed by atoms with E-state index in [1.54, 1.807) is 0 Å². The molecule has 5 heteroatoms. The van der Waals surface area contributed by atoms with Crippen LogP contribution in [0.4, 0.5) is 0 Å². The topological polar surface area (TPSA) is 75.6 Å². The molecule has 5 nitrogen and oxygen atoms in total. The molecule has 11 rings (SSSR count). The first kappa shape index (κ1) is 37.3. The zero-order chi connectivity index (χ0) is 42.1. The third kappa shape index (κ3) is 7.22. The number of hydrogen-bond donors (Lipinski definition) is 0. The number of nitriles is 1. The number of rotatable bonds is 8. The quantitative estimate of drug-likeness (QED) is 0.153. The molecule has 0 atom stereocenters. The van der Waals surface area contributed by atoms with Crippen molar-refractivity contribution in [3.05, 3.63) is 224 Å². The van der Waals surface area contributed by atoms with E-state index in [-0.39, 0.29) is 0 Å². The summed E-state index contributed by atoms with van der Waals surface area (Å²) in [6, 6.07) is 77.0. The number of benzene rings is 9. The van der Waals surface area contributed by atoms with E-state index in [4.69, 9.17) is 19.4 Å². The van der Waals surface area contributed by atoms with Gasteiger partial charge in [-0.3, -0.25) is 0 Å². The molecule has 2 aromatic heterocycles. The summed E-state index contributed by atoms with van der Waals surface area (Å²) in [4.78, 5) is 15.4. The van der Waals surface area contributed by atoms with Gasteiger partial charge in [-0.15, -0.1) is 0 Å². The molecule has 0 radical (unpaired) electrons. The molecule has 0 amide bonds. The van der Waals surface area contributed by atoms with E-state index < -0.39 is 0 Å². The largest absolute Gasteiger partial charge is 0.456 e. The van der Waals surface area contributed by atoms with E-state index in [0.29, 0.717) is 23.0 Å². The molecule has 9 aromatic carbocycles. The van der Waals surface area contributed by atoms with Gasteiger partial charge in [-0.25, -0.2) is 15.0 Å². The maximum Gasteiger partial charge on any atom is 0.164 e. The van der Waals surface area contributed by atoms with Gasteiger partial charge >= 0.3 is 0 Å². The van der Waals surface area contributed by atoms with Gasteiger partial charge in [-0.2, -0.15) is 5.26 Å². The second-order valence-corrected chi connectivity index (χ2v) is 15.5. The lowest BCUT2D eigenvalue weighted by molar-refractivity contribution is 0.669. The Hall–Kier alpha value is -8.72. The summed E-state index contributed by atoms with van der Waals surface area (Å²) in [5.74, 6) is 1.59. The summed E-state index contributed by atoms with van der Waals surface area (Å²) in [6.45, 7) is 0. The first-order valence-corrected chi connectivity index (χ1v) is 20.9. The summed E-state index contributed by atoms with van der Waals surface area (Å²) < 4.78 is 6.59. The molecule has 63 heavy (non-hydrogen) atoms. The van der Waals surface area contributed by atoms with Crippen LogP contribution in [-0.4, -0.2) is 15.0 Å². The third-order valence-electron chi connectivity index (χ3n) is 11.6. The maximum absolute atomic E-state index is 9.92. The highest BCUT2D eigenvalue weighted by Crippen LogP contribution is 2.39. The number of hydrogen-bond acceptors (Lipinski definition) is 5. The standard InChI is InChI=1S/C58H36N4O/c59-37-49-17-7-8-24-50(49)45-21-11-23-47(35-45)57-60-56(46-22-10-20-44(34-46)43-19-9-18-42(33-43)39-15-5-2-6-16-39)61-58(62-57)48-31-32-52-54(36-48)63-53-26-12-25-51(55(52)53)41-29-27-40(28-30-41)38-13-3-1-4-14-38/h1-36H. The summed E-state index contributed by atoms with van der Waals surface area (Å²) in [5, 5.41) is 12.0. The lowest BCUT2D eigenvalue weighted by Gasteiger charge is -2.11. The minimum atomic E-state index is 0.522. The molecule has 0 aliphatic heterocycles. The van der Waals surface area contributed by atoms with Crippen molar-refractivity contribution in [2.24, 2.45) is 0 Å². The highest BCUT2D eigenvalue weighted by atomic mass is 16.3. The summed E-state index contributed by atoms with van der Waals surface area (Å²) in [7, 11) is 0. The van der Waals surface area contributed by atoms with Gasteiger partial charge in [0.1, 0.15) is 11.2 Å². The zero-order valence-electron chi connectivity index (χ0n) is 34.0. The van der Waals surface area contributed by atoms with Crippen molar-refractivity contribution in [1.82, 2.24) is 15.0 Å². The Bertz CT molecular complexity index is 3510. The van der Waals surface area contributed by atoms with Gasteiger partial charge < -0.3 is 4.42 Å². The van der Waals surface area contributed by atoms with Crippen LogP contribution in [0.2, 0.25) is 0 Å². The van der Waals surface area contributed by atoms with Crippen LogP contribution in [-0.2, 0) is 0 Å². The fourth-order valence-electron chi connectivity index (χ4n) is 8.45. The summed E-state index contributed by atoms with van der Waals surface area (Å²) in [5.41, 5.74) is 15.4. The number of furan rings is 1. The normalized spacial score (nSPS) is 11.2. The van der Waals surface area contributed by atoms with Crippen LogP contribution in [0, 0.1) is 11.3 Å². The highest BCUT2D eigenvalue weighted by molar-refractivity contribution is 6.13. The molecular formula is C58H36N4O. The Morgan fingerprint density at radius 2 is 0.746 bits per heavy atom. The molecule has 11 aromatic rings. The number of aromatic nitrogens is 3. The monoisotopic (exact) mass is 804 g/mol. The van der Waals surface area contributed by atoms with E-state index in [0.717, 1.165) is 83.1 Å². The molecule has 0 saturated carbocycles. The maximum atomic E-state index is 9.92. The highest BCUT2D eigenvalue weighted by Gasteiger charge is 2.18. The van der Waals surface area contributed by atoms with Crippen LogP contribution in [0.3, 0.4) is 0 Å². The SMILES string of the molecule is N#Cc1ccccc1-c1cccc(-c2nc(-c3cccc(-c4cccc(-c5ccccc5)c4)c3)nc(-c3ccc4c(c3)oc3cccc(-c5ccc(-c6ccccc6)cc5)c34)n2)c1. The van der Waals surface area contributed by atoms with Gasteiger partial charge in [0, 0.05) is 27.5 Å². The third-order valence-corrected chi connectivity index (χ3v) is 11.6. The van der Waals surface area contributed by atoms with Gasteiger partial charge in [0.05, 0.1) is 11.6 Å². The second kappa shape index (κ2) is 16.0. The van der Waals surface area contributed by atoms with E-state index >= 15 is 0 Å². The van der Waals surface area contributed by atoms with Crippen molar-refractivity contribution in [3.63, 3.8) is 0 Å². The van der Waals surface area contributed by atoms with Crippen molar-refractivity contribution in [2.45, 2.75) is 0 Å². The van der Waals surface area contributed by atoms with Crippen molar-refractivity contribution in [1.29, 1.82) is 5.26 Å². The van der Waals surface area contributed by atoms with Crippen LogP contribution in [0.5, 0.6) is 0 Å². The Kier molecular flexibility index (Phi) is 9.50. The first-order chi connectivity index (χ1) is 31.1. The summed E-state index contributed by atoms with van der Waals surface area (Å²) >= 11 is 0. The van der Waals surface area contributed by atoms with Gasteiger partial charge in [0.25, 0.3) is 0 Å². The average Bonchev–Trinajstić information content (AvgIpc) is 3.75. The molecule has 0 unspecified atom stereocenters. The lowest BCUT2D eigenvalue weighted by atomic mass is 9.96. The molecular weight excluding hydrogens is 769 g/mol. The van der Waals surface area contributed by atoms with E-state index in [1.807, 2.05) is 84.9 Å². The van der Waals surface area contributed by atoms with Crippen LogP contribution in [0.1, 0.15) is 5.56 Å². The van der Waals surface area contributed by atoms with E-state index in [9.17, 15) is 5.26 Å². The molecule has 294 valence electrons. The van der Waals surface area contributed by atoms with Crippen molar-refractivity contribution >= 4 is 21.9 Å². The Morgan fingerprint density at radius 1 is 0.317 bits per heavy atom. The molecule has 0 N–H and O–H groups in total. The zero-order valence-corrected chi connectivity index (χ0v) is 34.0. The van der Waals surface area contributed by atoms with Crippen LogP contribution in [0.15, 0.2) is 223 Å². The Labute approximate surface area is 364 Å². The Balaban J connectivity index is 1.03. The molecule has 0 fully saturated rings. The molecule has 0 spiro atoms. The molecule has 0 saturated heterocycles.